The molecule has 1 N–H and O–H groups in total. The summed E-state index contributed by atoms with van der Waals surface area (Å²) in [4.78, 5) is 0. The molecule has 3 aromatic rings. The Balaban J connectivity index is 2.14. The molecule has 1 aromatic carbocycles. The van der Waals surface area contributed by atoms with Crippen LogP contribution in [0.4, 0.5) is 0 Å². The van der Waals surface area contributed by atoms with Gasteiger partial charge in [0.25, 0.3) is 0 Å². The molecule has 0 aliphatic rings. The molecule has 2 aromatic heterocycles. The van der Waals surface area contributed by atoms with E-state index in [0.29, 0.717) is 16.5 Å². The number of H-pyrrole nitrogens is 1. The first-order chi connectivity index (χ1) is 8.77. The van der Waals surface area contributed by atoms with Gasteiger partial charge in [0.05, 0.1) is 17.4 Å². The minimum atomic E-state index is 0.430. The average molecular weight is 261 g/mol. The van der Waals surface area contributed by atoms with E-state index in [9.17, 15) is 0 Å². The highest BCUT2D eigenvalue weighted by molar-refractivity contribution is 6.32. The van der Waals surface area contributed by atoms with Crippen LogP contribution >= 0.6 is 11.6 Å². The first kappa shape index (κ1) is 10.9. The van der Waals surface area contributed by atoms with Gasteiger partial charge in [-0.2, -0.15) is 10.3 Å². The van der Waals surface area contributed by atoms with Crippen molar-refractivity contribution >= 4 is 11.6 Å². The second-order valence-corrected chi connectivity index (χ2v) is 4.14. The predicted molar refractivity (Wildman–Crippen MR) is 66.5 cm³/mol. The van der Waals surface area contributed by atoms with Crippen LogP contribution in [0.1, 0.15) is 5.56 Å². The first-order valence-electron chi connectivity index (χ1n) is 5.30. The molecule has 0 radical (unpaired) electrons. The Hall–Kier alpha value is -2.21. The zero-order chi connectivity index (χ0) is 12.5. The molecule has 90 valence electrons. The number of nitrogens with zero attached hydrogens (tertiary/aromatic N) is 5. The Labute approximate surface area is 108 Å². The van der Waals surface area contributed by atoms with Crippen molar-refractivity contribution in [2.45, 2.75) is 6.92 Å². The van der Waals surface area contributed by atoms with Crippen LogP contribution < -0.4 is 0 Å². The van der Waals surface area contributed by atoms with Gasteiger partial charge >= 0.3 is 0 Å². The lowest BCUT2D eigenvalue weighted by atomic mass is 10.2. The Morgan fingerprint density at radius 3 is 2.83 bits per heavy atom. The molecule has 0 aliphatic heterocycles. The second-order valence-electron chi connectivity index (χ2n) is 3.78. The number of aromatic nitrogens is 6. The summed E-state index contributed by atoms with van der Waals surface area (Å²) in [5.74, 6) is 0.430. The highest BCUT2D eigenvalue weighted by atomic mass is 35.5. The molecule has 0 amide bonds. The first-order valence-corrected chi connectivity index (χ1v) is 5.68. The zero-order valence-corrected chi connectivity index (χ0v) is 10.3. The van der Waals surface area contributed by atoms with Crippen molar-refractivity contribution in [2.24, 2.45) is 0 Å². The van der Waals surface area contributed by atoms with E-state index in [1.807, 2.05) is 31.2 Å². The van der Waals surface area contributed by atoms with Gasteiger partial charge in [-0.25, -0.2) is 4.68 Å². The molecule has 0 saturated carbocycles. The molecule has 0 spiro atoms. The summed E-state index contributed by atoms with van der Waals surface area (Å²) in [5.41, 5.74) is 2.66. The van der Waals surface area contributed by atoms with Gasteiger partial charge in [-0.3, -0.25) is 0 Å². The third kappa shape index (κ3) is 1.67. The number of halogens is 1. The summed E-state index contributed by atoms with van der Waals surface area (Å²) in [7, 11) is 0. The van der Waals surface area contributed by atoms with Gasteiger partial charge in [0.15, 0.2) is 0 Å². The van der Waals surface area contributed by atoms with Gasteiger partial charge in [-0.1, -0.05) is 29.8 Å². The van der Waals surface area contributed by atoms with Crippen molar-refractivity contribution in [1.82, 2.24) is 30.4 Å². The number of hydrogen-bond donors (Lipinski definition) is 1. The third-order valence-electron chi connectivity index (χ3n) is 2.64. The molecule has 0 atom stereocenters. The zero-order valence-electron chi connectivity index (χ0n) is 9.50. The number of nitrogens with one attached hydrogen (secondary N) is 1. The van der Waals surface area contributed by atoms with Crippen molar-refractivity contribution in [1.29, 1.82) is 0 Å². The van der Waals surface area contributed by atoms with E-state index >= 15 is 0 Å². The highest BCUT2D eigenvalue weighted by Gasteiger charge is 2.15. The molecule has 0 unspecified atom stereocenters. The SMILES string of the molecule is Cc1ccccc1-n1ncc(-c2nn[nH]n2)c1Cl. The maximum Gasteiger partial charge on any atom is 0.209 e. The molecule has 0 bridgehead atoms. The number of aromatic amines is 1. The fourth-order valence-corrected chi connectivity index (χ4v) is 2.00. The second kappa shape index (κ2) is 4.23. The van der Waals surface area contributed by atoms with Gasteiger partial charge in [0, 0.05) is 0 Å². The minimum Gasteiger partial charge on any atom is -0.221 e. The molecule has 0 fully saturated rings. The van der Waals surface area contributed by atoms with E-state index < -0.39 is 0 Å². The number of rotatable bonds is 2. The van der Waals surface area contributed by atoms with Crippen molar-refractivity contribution in [3.05, 3.63) is 41.2 Å². The molecule has 6 nitrogen and oxygen atoms in total. The number of hydrogen-bond acceptors (Lipinski definition) is 4. The van der Waals surface area contributed by atoms with Crippen LogP contribution in [-0.2, 0) is 0 Å². The normalized spacial score (nSPS) is 10.8. The molecule has 3 rings (SSSR count). The predicted octanol–water partition coefficient (Wildman–Crippen LogP) is 2.01. The van der Waals surface area contributed by atoms with Crippen molar-refractivity contribution in [3.8, 4) is 17.1 Å². The molecule has 2 heterocycles. The van der Waals surface area contributed by atoms with E-state index in [-0.39, 0.29) is 0 Å². The van der Waals surface area contributed by atoms with Gasteiger partial charge in [0.1, 0.15) is 5.15 Å². The number of aryl methyl sites for hydroxylation is 1. The number of benzene rings is 1. The third-order valence-corrected chi connectivity index (χ3v) is 3.00. The standard InChI is InChI=1S/C11H9ClN6/c1-7-4-2-3-5-9(7)18-10(12)8(6-13-18)11-14-16-17-15-11/h2-6H,1H3,(H,14,15,16,17). The fourth-order valence-electron chi connectivity index (χ4n) is 1.73. The fraction of sp³-hybridized carbons (Fsp3) is 0.0909. The number of para-hydroxylation sites is 1. The Morgan fingerprint density at radius 1 is 1.28 bits per heavy atom. The van der Waals surface area contributed by atoms with E-state index in [0.717, 1.165) is 11.3 Å². The van der Waals surface area contributed by atoms with Crippen LogP contribution in [0.3, 0.4) is 0 Å². The van der Waals surface area contributed by atoms with E-state index in [4.69, 9.17) is 11.6 Å². The van der Waals surface area contributed by atoms with E-state index in [2.05, 4.69) is 25.7 Å². The maximum absolute atomic E-state index is 6.30. The monoisotopic (exact) mass is 260 g/mol. The molecule has 0 saturated heterocycles. The van der Waals surface area contributed by atoms with Crippen LogP contribution in [0.15, 0.2) is 30.5 Å². The van der Waals surface area contributed by atoms with Gasteiger partial charge in [-0.05, 0) is 23.8 Å². The van der Waals surface area contributed by atoms with Crippen LogP contribution in [0.5, 0.6) is 0 Å². The summed E-state index contributed by atoms with van der Waals surface area (Å²) in [6, 6.07) is 7.86. The van der Waals surface area contributed by atoms with Crippen LogP contribution in [0.25, 0.3) is 17.1 Å². The van der Waals surface area contributed by atoms with Crippen LogP contribution in [-0.4, -0.2) is 30.4 Å². The quantitative estimate of drug-likeness (QED) is 0.765. The summed E-state index contributed by atoms with van der Waals surface area (Å²) in [5, 5.41) is 18.4. The molecular weight excluding hydrogens is 252 g/mol. The van der Waals surface area contributed by atoms with Crippen molar-refractivity contribution in [2.75, 3.05) is 0 Å². The lowest BCUT2D eigenvalue weighted by Crippen LogP contribution is -1.98. The summed E-state index contributed by atoms with van der Waals surface area (Å²) in [6.45, 7) is 2.00. The summed E-state index contributed by atoms with van der Waals surface area (Å²) in [6.07, 6.45) is 1.62. The molecule has 0 aliphatic carbocycles. The maximum atomic E-state index is 6.30. The molecule has 7 heteroatoms. The highest BCUT2D eigenvalue weighted by Crippen LogP contribution is 2.27. The Bertz CT molecular complexity index is 673. The van der Waals surface area contributed by atoms with Crippen LogP contribution in [0.2, 0.25) is 5.15 Å². The molecular formula is C11H9ClN6. The molecule has 18 heavy (non-hydrogen) atoms. The average Bonchev–Trinajstić information content (AvgIpc) is 2.99. The smallest absolute Gasteiger partial charge is 0.209 e. The van der Waals surface area contributed by atoms with Gasteiger partial charge in [-0.15, -0.1) is 10.2 Å². The minimum absolute atomic E-state index is 0.430. The van der Waals surface area contributed by atoms with Crippen molar-refractivity contribution < 1.29 is 0 Å². The summed E-state index contributed by atoms with van der Waals surface area (Å²) < 4.78 is 1.66. The van der Waals surface area contributed by atoms with E-state index in [1.54, 1.807) is 10.9 Å². The van der Waals surface area contributed by atoms with Gasteiger partial charge in [0.2, 0.25) is 5.82 Å². The van der Waals surface area contributed by atoms with E-state index in [1.165, 1.54) is 0 Å². The Kier molecular flexibility index (Phi) is 2.56. The topological polar surface area (TPSA) is 72.3 Å². The van der Waals surface area contributed by atoms with Crippen molar-refractivity contribution in [3.63, 3.8) is 0 Å². The lowest BCUT2D eigenvalue weighted by molar-refractivity contribution is 0.873. The largest absolute Gasteiger partial charge is 0.221 e. The lowest BCUT2D eigenvalue weighted by Gasteiger charge is -2.06. The van der Waals surface area contributed by atoms with Crippen LogP contribution in [0, 0.1) is 6.92 Å². The summed E-state index contributed by atoms with van der Waals surface area (Å²) >= 11 is 6.30. The number of tetrazole rings is 1. The van der Waals surface area contributed by atoms with Gasteiger partial charge < -0.3 is 0 Å². The Morgan fingerprint density at radius 2 is 2.11 bits per heavy atom.